The van der Waals surface area contributed by atoms with Crippen LogP contribution < -0.4 is 4.74 Å². The maximum Gasteiger partial charge on any atom is 0.410 e. The molecule has 1 saturated heterocycles. The van der Waals surface area contributed by atoms with E-state index in [0.717, 1.165) is 48.8 Å². The molecule has 0 aromatic carbocycles. The predicted octanol–water partition coefficient (Wildman–Crippen LogP) is 3.97. The van der Waals surface area contributed by atoms with E-state index in [1.54, 1.807) is 7.11 Å². The van der Waals surface area contributed by atoms with E-state index in [2.05, 4.69) is 9.97 Å². The van der Waals surface area contributed by atoms with Crippen LogP contribution in [0.15, 0.2) is 24.4 Å². The molecule has 0 bridgehead atoms. The monoisotopic (exact) mass is 357 g/mol. The first kappa shape index (κ1) is 18.4. The topological polar surface area (TPSA) is 64.5 Å². The highest BCUT2D eigenvalue weighted by atomic mass is 16.6. The number of fused-ring (bicyclic) bond motifs is 1. The van der Waals surface area contributed by atoms with E-state index in [1.165, 1.54) is 0 Å². The fourth-order valence-electron chi connectivity index (χ4n) is 3.40. The van der Waals surface area contributed by atoms with Gasteiger partial charge in [0.15, 0.2) is 0 Å². The number of hydrogen-bond acceptors (Lipinski definition) is 5. The van der Waals surface area contributed by atoms with Gasteiger partial charge in [-0.1, -0.05) is 0 Å². The minimum atomic E-state index is -0.466. The third kappa shape index (κ3) is 4.23. The fraction of sp³-hybridized carbons (Fsp3) is 0.550. The molecule has 1 aliphatic heterocycles. The summed E-state index contributed by atoms with van der Waals surface area (Å²) in [5, 5.41) is 0. The standard InChI is InChI=1S/C20H27N3O3/c1-20(2,3)26-19(24)23-13-5-6-15(23)8-7-14-11-12-21-16-9-10-17(25-4)22-18(14)16/h9-12,15H,5-8,13H2,1-4H3/t15-/m1/s1. The number of rotatable bonds is 4. The molecule has 1 aliphatic rings. The van der Waals surface area contributed by atoms with Crippen LogP contribution in [0.3, 0.4) is 0 Å². The second kappa shape index (κ2) is 7.48. The van der Waals surface area contributed by atoms with Gasteiger partial charge in [0.1, 0.15) is 5.60 Å². The molecule has 0 saturated carbocycles. The zero-order valence-corrected chi connectivity index (χ0v) is 16.0. The maximum absolute atomic E-state index is 12.4. The van der Waals surface area contributed by atoms with E-state index in [4.69, 9.17) is 9.47 Å². The highest BCUT2D eigenvalue weighted by molar-refractivity contribution is 5.78. The molecule has 3 rings (SSSR count). The van der Waals surface area contributed by atoms with Gasteiger partial charge in [-0.2, -0.15) is 0 Å². The molecule has 2 aromatic rings. The van der Waals surface area contributed by atoms with Crippen LogP contribution in [0, 0.1) is 0 Å². The Morgan fingerprint density at radius 2 is 2.12 bits per heavy atom. The molecular weight excluding hydrogens is 330 g/mol. The van der Waals surface area contributed by atoms with Gasteiger partial charge >= 0.3 is 6.09 Å². The predicted molar refractivity (Wildman–Crippen MR) is 100 cm³/mol. The summed E-state index contributed by atoms with van der Waals surface area (Å²) < 4.78 is 10.8. The number of aromatic nitrogens is 2. The largest absolute Gasteiger partial charge is 0.481 e. The van der Waals surface area contributed by atoms with Crippen LogP contribution in [0.2, 0.25) is 0 Å². The number of carbonyl (C=O) groups is 1. The highest BCUT2D eigenvalue weighted by Gasteiger charge is 2.31. The van der Waals surface area contributed by atoms with Gasteiger partial charge in [-0.05, 0) is 64.2 Å². The molecule has 0 N–H and O–H groups in total. The van der Waals surface area contributed by atoms with Crippen molar-refractivity contribution in [2.45, 2.75) is 58.1 Å². The number of ether oxygens (including phenoxy) is 2. The summed E-state index contributed by atoms with van der Waals surface area (Å²) in [6.45, 7) is 6.47. The smallest absolute Gasteiger partial charge is 0.410 e. The highest BCUT2D eigenvalue weighted by Crippen LogP contribution is 2.26. The van der Waals surface area contributed by atoms with Crippen LogP contribution in [0.5, 0.6) is 5.88 Å². The summed E-state index contributed by atoms with van der Waals surface area (Å²) in [5.41, 5.74) is 2.39. The summed E-state index contributed by atoms with van der Waals surface area (Å²) in [6, 6.07) is 5.95. The first-order chi connectivity index (χ1) is 12.4. The number of methoxy groups -OCH3 is 1. The molecule has 26 heavy (non-hydrogen) atoms. The van der Waals surface area contributed by atoms with Gasteiger partial charge in [-0.15, -0.1) is 0 Å². The van der Waals surface area contributed by atoms with E-state index >= 15 is 0 Å². The van der Waals surface area contributed by atoms with Gasteiger partial charge in [-0.3, -0.25) is 4.98 Å². The lowest BCUT2D eigenvalue weighted by Crippen LogP contribution is -2.40. The Hall–Kier alpha value is -2.37. The van der Waals surface area contributed by atoms with E-state index in [0.29, 0.717) is 5.88 Å². The van der Waals surface area contributed by atoms with Crippen molar-refractivity contribution in [2.75, 3.05) is 13.7 Å². The number of hydrogen-bond donors (Lipinski definition) is 0. The molecule has 1 amide bonds. The molecule has 1 fully saturated rings. The van der Waals surface area contributed by atoms with E-state index in [9.17, 15) is 4.79 Å². The number of likely N-dealkylation sites (tertiary alicyclic amines) is 1. The van der Waals surface area contributed by atoms with Gasteiger partial charge in [0.25, 0.3) is 0 Å². The summed E-state index contributed by atoms with van der Waals surface area (Å²) in [6.07, 6.45) is 5.36. The summed E-state index contributed by atoms with van der Waals surface area (Å²) in [5.74, 6) is 0.586. The van der Waals surface area contributed by atoms with Gasteiger partial charge in [0, 0.05) is 24.8 Å². The first-order valence-electron chi connectivity index (χ1n) is 9.15. The minimum absolute atomic E-state index is 0.207. The number of aryl methyl sites for hydroxylation is 1. The fourth-order valence-corrected chi connectivity index (χ4v) is 3.40. The van der Waals surface area contributed by atoms with Crippen molar-refractivity contribution in [1.29, 1.82) is 0 Å². The van der Waals surface area contributed by atoms with Crippen molar-refractivity contribution in [3.8, 4) is 5.88 Å². The minimum Gasteiger partial charge on any atom is -0.481 e. The molecule has 1 atom stereocenters. The molecule has 0 unspecified atom stereocenters. The van der Waals surface area contributed by atoms with Crippen molar-refractivity contribution in [3.05, 3.63) is 30.0 Å². The first-order valence-corrected chi connectivity index (χ1v) is 9.15. The van der Waals surface area contributed by atoms with Gasteiger partial charge in [0.2, 0.25) is 5.88 Å². The van der Waals surface area contributed by atoms with Gasteiger partial charge < -0.3 is 14.4 Å². The molecule has 0 radical (unpaired) electrons. The normalized spacial score (nSPS) is 17.5. The van der Waals surface area contributed by atoms with Crippen molar-refractivity contribution in [2.24, 2.45) is 0 Å². The summed E-state index contributed by atoms with van der Waals surface area (Å²) in [4.78, 5) is 23.3. The van der Waals surface area contributed by atoms with E-state index < -0.39 is 5.60 Å². The molecule has 0 spiro atoms. The Morgan fingerprint density at radius 1 is 1.31 bits per heavy atom. The zero-order valence-electron chi connectivity index (χ0n) is 16.0. The quantitative estimate of drug-likeness (QED) is 0.828. The van der Waals surface area contributed by atoms with Crippen molar-refractivity contribution in [3.63, 3.8) is 0 Å². The van der Waals surface area contributed by atoms with Crippen LogP contribution >= 0.6 is 0 Å². The van der Waals surface area contributed by atoms with Gasteiger partial charge in [0.05, 0.1) is 18.1 Å². The van der Waals surface area contributed by atoms with E-state index in [1.807, 2.05) is 50.1 Å². The Morgan fingerprint density at radius 3 is 2.85 bits per heavy atom. The number of pyridine rings is 2. The number of amides is 1. The Kier molecular flexibility index (Phi) is 5.30. The number of carbonyl (C=O) groups excluding carboxylic acids is 1. The SMILES string of the molecule is COc1ccc2nccc(CC[C@H]3CCCN3C(=O)OC(C)(C)C)c2n1. The Balaban J connectivity index is 1.72. The van der Waals surface area contributed by atoms with Crippen LogP contribution in [0.4, 0.5) is 4.79 Å². The third-order valence-corrected chi connectivity index (χ3v) is 4.60. The van der Waals surface area contributed by atoms with Crippen molar-refractivity contribution in [1.82, 2.24) is 14.9 Å². The van der Waals surface area contributed by atoms with Crippen LogP contribution in [0.1, 0.15) is 45.6 Å². The average molecular weight is 357 g/mol. The summed E-state index contributed by atoms with van der Waals surface area (Å²) in [7, 11) is 1.61. The van der Waals surface area contributed by atoms with Crippen LogP contribution in [-0.4, -0.2) is 46.3 Å². The molecule has 6 nitrogen and oxygen atoms in total. The average Bonchev–Trinajstić information content (AvgIpc) is 3.06. The Bertz CT molecular complexity index is 785. The molecular formula is C20H27N3O3. The molecule has 140 valence electrons. The Labute approximate surface area is 154 Å². The van der Waals surface area contributed by atoms with Gasteiger partial charge in [-0.25, -0.2) is 9.78 Å². The lowest BCUT2D eigenvalue weighted by Gasteiger charge is -2.28. The lowest BCUT2D eigenvalue weighted by atomic mass is 10.0. The van der Waals surface area contributed by atoms with E-state index in [-0.39, 0.29) is 12.1 Å². The van der Waals surface area contributed by atoms with Crippen LogP contribution in [-0.2, 0) is 11.2 Å². The lowest BCUT2D eigenvalue weighted by molar-refractivity contribution is 0.0220. The molecule has 0 aliphatic carbocycles. The van der Waals surface area contributed by atoms with Crippen molar-refractivity contribution < 1.29 is 14.3 Å². The third-order valence-electron chi connectivity index (χ3n) is 4.60. The van der Waals surface area contributed by atoms with Crippen LogP contribution in [0.25, 0.3) is 11.0 Å². The zero-order chi connectivity index (χ0) is 18.7. The second-order valence-corrected chi connectivity index (χ2v) is 7.70. The maximum atomic E-state index is 12.4. The number of nitrogens with zero attached hydrogens (tertiary/aromatic N) is 3. The molecule has 6 heteroatoms. The summed E-state index contributed by atoms with van der Waals surface area (Å²) >= 11 is 0. The molecule has 2 aromatic heterocycles. The van der Waals surface area contributed by atoms with Crippen molar-refractivity contribution >= 4 is 17.1 Å². The second-order valence-electron chi connectivity index (χ2n) is 7.70. The molecule has 3 heterocycles.